The van der Waals surface area contributed by atoms with Crippen LogP contribution in [0.25, 0.3) is 32.7 Å². The van der Waals surface area contributed by atoms with Gasteiger partial charge in [0.15, 0.2) is 0 Å². The Morgan fingerprint density at radius 2 is 1.85 bits per heavy atom. The van der Waals surface area contributed by atoms with Crippen LogP contribution in [0.3, 0.4) is 0 Å². The first-order valence-electron chi connectivity index (χ1n) is 8.49. The number of carbonyl (C=O) groups excluding carboxylic acids is 1. The summed E-state index contributed by atoms with van der Waals surface area (Å²) in [7, 11) is 0. The van der Waals surface area contributed by atoms with Crippen LogP contribution in [0.4, 0.5) is 0 Å². The summed E-state index contributed by atoms with van der Waals surface area (Å²) in [6.07, 6.45) is 1.81. The summed E-state index contributed by atoms with van der Waals surface area (Å²) in [5.41, 5.74) is 4.72. The first kappa shape index (κ1) is 14.7. The van der Waals surface area contributed by atoms with Crippen molar-refractivity contribution in [2.75, 3.05) is 0 Å². The molecule has 2 aromatic heterocycles. The normalized spacial score (nSPS) is 11.4. The lowest BCUT2D eigenvalue weighted by Crippen LogP contribution is -2.22. The Balaban J connectivity index is 1.52. The number of aromatic nitrogens is 3. The Hall–Kier alpha value is -3.60. The van der Waals surface area contributed by atoms with E-state index >= 15 is 0 Å². The van der Waals surface area contributed by atoms with Gasteiger partial charge in [-0.05, 0) is 23.8 Å². The van der Waals surface area contributed by atoms with Gasteiger partial charge in [0, 0.05) is 33.8 Å². The van der Waals surface area contributed by atoms with Crippen LogP contribution in [0.15, 0.2) is 66.9 Å². The maximum absolute atomic E-state index is 12.6. The van der Waals surface area contributed by atoms with Crippen LogP contribution < -0.4 is 5.32 Å². The molecule has 0 atom stereocenters. The zero-order chi connectivity index (χ0) is 17.5. The van der Waals surface area contributed by atoms with Gasteiger partial charge in [0.1, 0.15) is 0 Å². The fourth-order valence-electron chi connectivity index (χ4n) is 3.40. The molecule has 0 aliphatic rings. The topological polar surface area (TPSA) is 73.6 Å². The van der Waals surface area contributed by atoms with E-state index in [-0.39, 0.29) is 5.91 Å². The number of hydrogen-bond donors (Lipinski definition) is 3. The van der Waals surface area contributed by atoms with Gasteiger partial charge in [-0.25, -0.2) is 0 Å². The molecule has 5 heteroatoms. The Kier molecular flexibility index (Phi) is 3.25. The zero-order valence-corrected chi connectivity index (χ0v) is 13.9. The van der Waals surface area contributed by atoms with E-state index in [9.17, 15) is 4.79 Å². The van der Waals surface area contributed by atoms with Gasteiger partial charge in [0.2, 0.25) is 0 Å². The van der Waals surface area contributed by atoms with Crippen LogP contribution in [0, 0.1) is 0 Å². The first-order chi connectivity index (χ1) is 12.8. The molecule has 126 valence electrons. The third kappa shape index (κ3) is 2.33. The molecule has 0 aliphatic heterocycles. The Bertz CT molecular complexity index is 1250. The first-order valence-corrected chi connectivity index (χ1v) is 8.49. The maximum atomic E-state index is 12.6. The molecule has 0 unspecified atom stereocenters. The van der Waals surface area contributed by atoms with E-state index in [4.69, 9.17) is 0 Å². The smallest absolute Gasteiger partial charge is 0.251 e. The molecule has 26 heavy (non-hydrogen) atoms. The minimum atomic E-state index is -0.0762. The molecule has 5 nitrogen and oxygen atoms in total. The average molecular weight is 340 g/mol. The molecule has 2 heterocycles. The lowest BCUT2D eigenvalue weighted by atomic mass is 10.1. The largest absolute Gasteiger partial charge is 0.353 e. The van der Waals surface area contributed by atoms with Crippen molar-refractivity contribution in [2.24, 2.45) is 0 Å². The average Bonchev–Trinajstić information content (AvgIpc) is 3.30. The molecular formula is C21H16N4O. The second-order valence-electron chi connectivity index (χ2n) is 6.38. The molecule has 0 spiro atoms. The van der Waals surface area contributed by atoms with E-state index in [0.29, 0.717) is 12.1 Å². The van der Waals surface area contributed by atoms with Crippen molar-refractivity contribution in [2.45, 2.75) is 6.54 Å². The SMILES string of the molecule is O=C(NCc1ccccc1)c1ccc2[nH]c3c(ccc4cn[nH]c43)c2c1. The van der Waals surface area contributed by atoms with E-state index in [2.05, 4.69) is 26.6 Å². The van der Waals surface area contributed by atoms with E-state index in [1.807, 2.05) is 60.8 Å². The van der Waals surface area contributed by atoms with Crippen molar-refractivity contribution in [3.63, 3.8) is 0 Å². The third-order valence-electron chi connectivity index (χ3n) is 4.75. The number of carbonyl (C=O) groups is 1. The number of fused-ring (bicyclic) bond motifs is 5. The van der Waals surface area contributed by atoms with Crippen LogP contribution in [0.2, 0.25) is 0 Å². The molecule has 0 saturated carbocycles. The number of nitrogens with zero attached hydrogens (tertiary/aromatic N) is 1. The quantitative estimate of drug-likeness (QED) is 0.462. The van der Waals surface area contributed by atoms with Crippen molar-refractivity contribution >= 4 is 38.6 Å². The van der Waals surface area contributed by atoms with Crippen LogP contribution in [0.1, 0.15) is 15.9 Å². The molecule has 3 aromatic carbocycles. The molecule has 5 rings (SSSR count). The molecule has 0 saturated heterocycles. The van der Waals surface area contributed by atoms with Crippen LogP contribution in [-0.2, 0) is 6.54 Å². The van der Waals surface area contributed by atoms with Crippen LogP contribution >= 0.6 is 0 Å². The zero-order valence-electron chi connectivity index (χ0n) is 13.9. The van der Waals surface area contributed by atoms with Crippen molar-refractivity contribution in [3.05, 3.63) is 78.0 Å². The number of hydrogen-bond acceptors (Lipinski definition) is 2. The maximum Gasteiger partial charge on any atom is 0.251 e. The van der Waals surface area contributed by atoms with Crippen molar-refractivity contribution < 1.29 is 4.79 Å². The lowest BCUT2D eigenvalue weighted by molar-refractivity contribution is 0.0951. The molecular weight excluding hydrogens is 324 g/mol. The number of rotatable bonds is 3. The highest BCUT2D eigenvalue weighted by Crippen LogP contribution is 2.30. The van der Waals surface area contributed by atoms with Gasteiger partial charge in [0.05, 0.1) is 17.2 Å². The van der Waals surface area contributed by atoms with Crippen LogP contribution in [-0.4, -0.2) is 21.1 Å². The van der Waals surface area contributed by atoms with Gasteiger partial charge in [0.25, 0.3) is 5.91 Å². The summed E-state index contributed by atoms with van der Waals surface area (Å²) in [5, 5.41) is 13.3. The lowest BCUT2D eigenvalue weighted by Gasteiger charge is -2.05. The standard InChI is InChI=1S/C21H16N4O/c26-21(22-11-13-4-2-1-3-5-13)14-7-9-18-17(10-14)16-8-6-15-12-23-25-19(15)20(16)24-18/h1-10,12,24H,11H2,(H,22,26)(H,23,25). The number of H-pyrrole nitrogens is 2. The molecule has 0 bridgehead atoms. The van der Waals surface area contributed by atoms with Crippen molar-refractivity contribution in [1.82, 2.24) is 20.5 Å². The second kappa shape index (κ2) is 5.74. The number of nitrogens with one attached hydrogen (secondary N) is 3. The van der Waals surface area contributed by atoms with E-state index < -0.39 is 0 Å². The fraction of sp³-hybridized carbons (Fsp3) is 0.0476. The Morgan fingerprint density at radius 3 is 2.73 bits per heavy atom. The molecule has 0 aliphatic carbocycles. The third-order valence-corrected chi connectivity index (χ3v) is 4.75. The summed E-state index contributed by atoms with van der Waals surface area (Å²) in [5.74, 6) is -0.0762. The molecule has 3 N–H and O–H groups in total. The van der Waals surface area contributed by atoms with E-state index in [1.54, 1.807) is 0 Å². The van der Waals surface area contributed by atoms with E-state index in [0.717, 1.165) is 38.3 Å². The van der Waals surface area contributed by atoms with Gasteiger partial charge in [-0.15, -0.1) is 0 Å². The fourth-order valence-corrected chi connectivity index (χ4v) is 3.40. The van der Waals surface area contributed by atoms with Gasteiger partial charge in [-0.3, -0.25) is 9.89 Å². The number of benzene rings is 3. The molecule has 5 aromatic rings. The summed E-state index contributed by atoms with van der Waals surface area (Å²) >= 11 is 0. The minimum absolute atomic E-state index is 0.0762. The number of amides is 1. The predicted molar refractivity (Wildman–Crippen MR) is 103 cm³/mol. The Labute approximate surface area is 149 Å². The Morgan fingerprint density at radius 1 is 0.962 bits per heavy atom. The second-order valence-corrected chi connectivity index (χ2v) is 6.38. The highest BCUT2D eigenvalue weighted by Gasteiger charge is 2.12. The van der Waals surface area contributed by atoms with Gasteiger partial charge >= 0.3 is 0 Å². The van der Waals surface area contributed by atoms with Crippen molar-refractivity contribution in [3.8, 4) is 0 Å². The van der Waals surface area contributed by atoms with Crippen molar-refractivity contribution in [1.29, 1.82) is 0 Å². The summed E-state index contributed by atoms with van der Waals surface area (Å²) in [6, 6.07) is 19.7. The highest BCUT2D eigenvalue weighted by molar-refractivity contribution is 6.16. The molecule has 1 amide bonds. The molecule has 0 radical (unpaired) electrons. The monoisotopic (exact) mass is 340 g/mol. The predicted octanol–water partition coefficient (Wildman–Crippen LogP) is 4.13. The summed E-state index contributed by atoms with van der Waals surface area (Å²) < 4.78 is 0. The summed E-state index contributed by atoms with van der Waals surface area (Å²) in [4.78, 5) is 16.0. The highest BCUT2D eigenvalue weighted by atomic mass is 16.1. The summed E-state index contributed by atoms with van der Waals surface area (Å²) in [6.45, 7) is 0.514. The van der Waals surface area contributed by atoms with Crippen LogP contribution in [0.5, 0.6) is 0 Å². The van der Waals surface area contributed by atoms with Gasteiger partial charge < -0.3 is 10.3 Å². The van der Waals surface area contributed by atoms with E-state index in [1.165, 1.54) is 0 Å². The van der Waals surface area contributed by atoms with Gasteiger partial charge in [-0.2, -0.15) is 5.10 Å². The molecule has 0 fully saturated rings. The number of aromatic amines is 2. The van der Waals surface area contributed by atoms with Gasteiger partial charge in [-0.1, -0.05) is 42.5 Å². The minimum Gasteiger partial charge on any atom is -0.353 e.